The van der Waals surface area contributed by atoms with Crippen molar-refractivity contribution >= 4 is 33.2 Å². The fraction of sp³-hybridized carbons (Fsp3) is 0.391. The number of rotatable bonds is 4. The molecule has 8 nitrogen and oxygen atoms in total. The number of hydrogen-bond donors (Lipinski definition) is 2. The zero-order chi connectivity index (χ0) is 23.2. The lowest BCUT2D eigenvalue weighted by Crippen LogP contribution is -2.43. The van der Waals surface area contributed by atoms with Crippen LogP contribution in [0.25, 0.3) is 0 Å². The van der Waals surface area contributed by atoms with Crippen LogP contribution in [-0.2, 0) is 19.6 Å². The third-order valence-electron chi connectivity index (χ3n) is 5.93. The number of ether oxygens (including phenoxy) is 1. The van der Waals surface area contributed by atoms with Crippen molar-refractivity contribution in [3.05, 3.63) is 46.5 Å². The second-order valence-electron chi connectivity index (χ2n) is 8.49. The van der Waals surface area contributed by atoms with Crippen molar-refractivity contribution in [2.75, 3.05) is 23.8 Å². The van der Waals surface area contributed by atoms with Crippen molar-refractivity contribution in [1.82, 2.24) is 4.31 Å². The normalized spacial score (nSPS) is 18.6. The van der Waals surface area contributed by atoms with Gasteiger partial charge in [0.2, 0.25) is 15.9 Å². The molecule has 0 aliphatic carbocycles. The maximum atomic E-state index is 13.6. The minimum atomic E-state index is -3.95. The number of anilines is 2. The van der Waals surface area contributed by atoms with Gasteiger partial charge >= 0.3 is 0 Å². The Bertz CT molecular complexity index is 1200. The smallest absolute Gasteiger partial charge is 0.262 e. The molecule has 0 aromatic heterocycles. The van der Waals surface area contributed by atoms with Crippen LogP contribution < -0.4 is 15.4 Å². The topological polar surface area (TPSA) is 105 Å². The highest BCUT2D eigenvalue weighted by molar-refractivity contribution is 7.89. The minimum Gasteiger partial charge on any atom is -0.482 e. The second-order valence-corrected chi connectivity index (χ2v) is 10.3. The Morgan fingerprint density at radius 1 is 1.09 bits per heavy atom. The highest BCUT2D eigenvalue weighted by atomic mass is 32.2. The summed E-state index contributed by atoms with van der Waals surface area (Å²) in [5.41, 5.74) is 4.62. The molecular weight excluding hydrogens is 430 g/mol. The number of benzene rings is 2. The van der Waals surface area contributed by atoms with E-state index in [1.807, 2.05) is 32.9 Å². The van der Waals surface area contributed by atoms with Crippen LogP contribution in [0.4, 0.5) is 11.4 Å². The van der Waals surface area contributed by atoms with Crippen LogP contribution in [-0.4, -0.2) is 43.7 Å². The van der Waals surface area contributed by atoms with Crippen LogP contribution in [0, 0.1) is 27.7 Å². The first-order valence-electron chi connectivity index (χ1n) is 10.6. The molecule has 32 heavy (non-hydrogen) atoms. The zero-order valence-electron chi connectivity index (χ0n) is 18.6. The molecule has 2 aliphatic rings. The van der Waals surface area contributed by atoms with Crippen LogP contribution in [0.5, 0.6) is 5.75 Å². The molecule has 2 amide bonds. The van der Waals surface area contributed by atoms with Crippen LogP contribution >= 0.6 is 0 Å². The number of aryl methyl sites for hydroxylation is 4. The monoisotopic (exact) mass is 457 g/mol. The lowest BCUT2D eigenvalue weighted by Gasteiger charge is -2.26. The average Bonchev–Trinajstić information content (AvgIpc) is 3.20. The van der Waals surface area contributed by atoms with Gasteiger partial charge in [-0.25, -0.2) is 8.42 Å². The molecule has 2 aromatic rings. The fourth-order valence-corrected chi connectivity index (χ4v) is 6.37. The molecule has 4 rings (SSSR count). The summed E-state index contributed by atoms with van der Waals surface area (Å²) in [5.74, 6) is -0.314. The number of nitrogens with zero attached hydrogens (tertiary/aromatic N) is 1. The first-order valence-corrected chi connectivity index (χ1v) is 12.0. The lowest BCUT2D eigenvalue weighted by molar-refractivity contribution is -0.119. The van der Waals surface area contributed by atoms with Gasteiger partial charge in [0.25, 0.3) is 5.91 Å². The largest absolute Gasteiger partial charge is 0.482 e. The molecule has 1 atom stereocenters. The predicted molar refractivity (Wildman–Crippen MR) is 122 cm³/mol. The molecule has 0 spiro atoms. The van der Waals surface area contributed by atoms with E-state index in [4.69, 9.17) is 4.74 Å². The van der Waals surface area contributed by atoms with Crippen molar-refractivity contribution in [1.29, 1.82) is 0 Å². The highest BCUT2D eigenvalue weighted by Crippen LogP contribution is 2.36. The summed E-state index contributed by atoms with van der Waals surface area (Å²) in [7, 11) is -3.95. The second kappa shape index (κ2) is 8.22. The highest BCUT2D eigenvalue weighted by Gasteiger charge is 2.40. The Balaban J connectivity index is 1.63. The van der Waals surface area contributed by atoms with Crippen LogP contribution in [0.1, 0.15) is 35.1 Å². The minimum absolute atomic E-state index is 0.0785. The Morgan fingerprint density at radius 3 is 2.47 bits per heavy atom. The molecule has 9 heteroatoms. The van der Waals surface area contributed by atoms with Gasteiger partial charge < -0.3 is 15.4 Å². The molecule has 2 heterocycles. The van der Waals surface area contributed by atoms with E-state index in [2.05, 4.69) is 10.6 Å². The first-order chi connectivity index (χ1) is 15.1. The van der Waals surface area contributed by atoms with E-state index in [1.165, 1.54) is 10.4 Å². The Morgan fingerprint density at radius 2 is 1.78 bits per heavy atom. The van der Waals surface area contributed by atoms with E-state index >= 15 is 0 Å². The molecule has 0 radical (unpaired) electrons. The van der Waals surface area contributed by atoms with Crippen molar-refractivity contribution in [2.45, 2.75) is 51.5 Å². The van der Waals surface area contributed by atoms with E-state index in [0.29, 0.717) is 29.8 Å². The first kappa shape index (κ1) is 22.3. The van der Waals surface area contributed by atoms with E-state index in [0.717, 1.165) is 22.4 Å². The molecule has 0 bridgehead atoms. The zero-order valence-corrected chi connectivity index (χ0v) is 19.4. The summed E-state index contributed by atoms with van der Waals surface area (Å²) in [6.45, 7) is 7.60. The molecule has 170 valence electrons. The predicted octanol–water partition coefficient (Wildman–Crippen LogP) is 3.04. The summed E-state index contributed by atoms with van der Waals surface area (Å²) in [5, 5.41) is 5.63. The van der Waals surface area contributed by atoms with E-state index in [9.17, 15) is 18.0 Å². The van der Waals surface area contributed by atoms with Gasteiger partial charge in [0.15, 0.2) is 6.61 Å². The van der Waals surface area contributed by atoms with Gasteiger partial charge in [-0.2, -0.15) is 4.31 Å². The molecule has 1 saturated heterocycles. The SMILES string of the molecule is Cc1cc(C)c(NC(=O)[C@@H]2CCCN2S(=O)(=O)c2cc3c(cc2C)NC(=O)CO3)c(C)c1. The number of fused-ring (bicyclic) bond motifs is 1. The van der Waals surface area contributed by atoms with Crippen LogP contribution in [0.15, 0.2) is 29.2 Å². The lowest BCUT2D eigenvalue weighted by atomic mass is 10.0. The summed E-state index contributed by atoms with van der Waals surface area (Å²) in [6, 6.07) is 6.20. The van der Waals surface area contributed by atoms with Crippen molar-refractivity contribution in [3.63, 3.8) is 0 Å². The van der Waals surface area contributed by atoms with Gasteiger partial charge in [-0.3, -0.25) is 9.59 Å². The summed E-state index contributed by atoms with van der Waals surface area (Å²) >= 11 is 0. The van der Waals surface area contributed by atoms with Crippen LogP contribution in [0.2, 0.25) is 0 Å². The van der Waals surface area contributed by atoms with Gasteiger partial charge in [-0.1, -0.05) is 17.7 Å². The summed E-state index contributed by atoms with van der Waals surface area (Å²) in [4.78, 5) is 24.8. The van der Waals surface area contributed by atoms with E-state index in [-0.39, 0.29) is 29.9 Å². The molecular formula is C23H27N3O5S. The summed E-state index contributed by atoms with van der Waals surface area (Å²) < 4.78 is 33.8. The van der Waals surface area contributed by atoms with Crippen molar-refractivity contribution in [3.8, 4) is 5.75 Å². The van der Waals surface area contributed by atoms with Crippen molar-refractivity contribution < 1.29 is 22.7 Å². The van der Waals surface area contributed by atoms with Gasteiger partial charge in [0, 0.05) is 18.3 Å². The number of nitrogens with one attached hydrogen (secondary N) is 2. The Kier molecular flexibility index (Phi) is 5.72. The molecule has 0 saturated carbocycles. The summed E-state index contributed by atoms with van der Waals surface area (Å²) in [6.07, 6.45) is 1.05. The quantitative estimate of drug-likeness (QED) is 0.734. The van der Waals surface area contributed by atoms with Crippen molar-refractivity contribution in [2.24, 2.45) is 0 Å². The molecule has 2 aromatic carbocycles. The number of amides is 2. The van der Waals surface area contributed by atoms with E-state index in [1.54, 1.807) is 13.0 Å². The number of hydrogen-bond acceptors (Lipinski definition) is 5. The van der Waals surface area contributed by atoms with Crippen LogP contribution in [0.3, 0.4) is 0 Å². The third-order valence-corrected chi connectivity index (χ3v) is 7.98. The molecule has 2 aliphatic heterocycles. The Hall–Kier alpha value is -2.91. The molecule has 0 unspecified atom stereocenters. The Labute approximate surface area is 188 Å². The fourth-order valence-electron chi connectivity index (χ4n) is 4.49. The van der Waals surface area contributed by atoms with Gasteiger partial charge in [-0.15, -0.1) is 0 Å². The van der Waals surface area contributed by atoms with Gasteiger partial charge in [0.1, 0.15) is 11.8 Å². The third kappa shape index (κ3) is 3.98. The van der Waals surface area contributed by atoms with Gasteiger partial charge in [0.05, 0.1) is 10.6 Å². The van der Waals surface area contributed by atoms with E-state index < -0.39 is 16.1 Å². The maximum absolute atomic E-state index is 13.6. The standard InChI is InChI=1S/C23H27N3O5S/c1-13-8-15(3)22(16(4)9-13)25-23(28)18-6-5-7-26(18)32(29,30)20-11-19-17(10-14(20)2)24-21(27)12-31-19/h8-11,18H,5-7,12H2,1-4H3,(H,24,27)(H,25,28)/t18-/m0/s1. The number of carbonyl (C=O) groups is 2. The van der Waals surface area contributed by atoms with Gasteiger partial charge in [-0.05, 0) is 63.3 Å². The molecule has 2 N–H and O–H groups in total. The number of sulfonamides is 1. The molecule has 1 fully saturated rings. The maximum Gasteiger partial charge on any atom is 0.262 e. The average molecular weight is 458 g/mol. The number of carbonyl (C=O) groups excluding carboxylic acids is 2.